The van der Waals surface area contributed by atoms with Gasteiger partial charge >= 0.3 is 5.97 Å². The lowest BCUT2D eigenvalue weighted by Crippen LogP contribution is -2.45. The second-order valence-electron chi connectivity index (χ2n) is 8.86. The van der Waals surface area contributed by atoms with E-state index in [0.717, 1.165) is 38.2 Å². The number of aliphatic hydroxyl groups excluding tert-OH is 1. The number of carbonyl (C=O) groups excluding carboxylic acids is 2. The molecule has 0 aliphatic carbocycles. The Bertz CT molecular complexity index is 798. The number of likely N-dealkylation sites (tertiary alicyclic amines) is 2. The highest BCUT2D eigenvalue weighted by molar-refractivity contribution is 5.97. The number of rotatable bonds is 4. The average molecular weight is 418 g/mol. The Balaban J connectivity index is 1.36. The highest BCUT2D eigenvalue weighted by Gasteiger charge is 2.51. The third kappa shape index (κ3) is 4.16. The molecular formula is C22H31N3O5. The van der Waals surface area contributed by atoms with Crippen LogP contribution in [0.15, 0.2) is 12.3 Å². The van der Waals surface area contributed by atoms with E-state index < -0.39 is 5.41 Å². The van der Waals surface area contributed by atoms with Crippen LogP contribution >= 0.6 is 0 Å². The van der Waals surface area contributed by atoms with Crippen LogP contribution in [0.4, 0.5) is 0 Å². The van der Waals surface area contributed by atoms with Crippen molar-refractivity contribution in [2.75, 3.05) is 39.8 Å². The molecule has 30 heavy (non-hydrogen) atoms. The monoisotopic (exact) mass is 417 g/mol. The fraction of sp³-hybridized carbons (Fsp3) is 0.682. The van der Waals surface area contributed by atoms with Crippen LogP contribution in [0.25, 0.3) is 0 Å². The maximum atomic E-state index is 13.0. The van der Waals surface area contributed by atoms with Gasteiger partial charge in [0.25, 0.3) is 5.91 Å². The maximum Gasteiger partial charge on any atom is 0.312 e. The SMILES string of the molecule is COc1cnc(C)cc1C(=O)N1CCC2(CC1)CC(CN1CCC(O)CC1)OC2=O. The Morgan fingerprint density at radius 2 is 2.00 bits per heavy atom. The van der Waals surface area contributed by atoms with Crippen LogP contribution in [0.3, 0.4) is 0 Å². The van der Waals surface area contributed by atoms with Crippen molar-refractivity contribution in [3.63, 3.8) is 0 Å². The van der Waals surface area contributed by atoms with E-state index in [1.165, 1.54) is 7.11 Å². The van der Waals surface area contributed by atoms with Gasteiger partial charge in [-0.15, -0.1) is 0 Å². The van der Waals surface area contributed by atoms with E-state index in [0.29, 0.717) is 43.7 Å². The van der Waals surface area contributed by atoms with Crippen molar-refractivity contribution in [2.24, 2.45) is 5.41 Å². The Kier molecular flexibility index (Phi) is 5.97. The summed E-state index contributed by atoms with van der Waals surface area (Å²) in [5.74, 6) is 0.272. The molecule has 1 amide bonds. The molecule has 4 rings (SSSR count). The summed E-state index contributed by atoms with van der Waals surface area (Å²) in [7, 11) is 1.53. The smallest absolute Gasteiger partial charge is 0.312 e. The van der Waals surface area contributed by atoms with Gasteiger partial charge in [-0.1, -0.05) is 0 Å². The summed E-state index contributed by atoms with van der Waals surface area (Å²) in [6.45, 7) is 5.33. The predicted molar refractivity (Wildman–Crippen MR) is 109 cm³/mol. The number of hydrogen-bond donors (Lipinski definition) is 1. The van der Waals surface area contributed by atoms with Crippen LogP contribution in [0.1, 0.15) is 48.2 Å². The summed E-state index contributed by atoms with van der Waals surface area (Å²) >= 11 is 0. The molecular weight excluding hydrogens is 386 g/mol. The second kappa shape index (κ2) is 8.51. The molecule has 0 aromatic carbocycles. The minimum Gasteiger partial charge on any atom is -0.494 e. The van der Waals surface area contributed by atoms with Crippen molar-refractivity contribution < 1.29 is 24.2 Å². The highest BCUT2D eigenvalue weighted by Crippen LogP contribution is 2.43. The van der Waals surface area contributed by atoms with Gasteiger partial charge in [0, 0.05) is 44.8 Å². The molecule has 0 saturated carbocycles. The molecule has 164 valence electrons. The first-order valence-corrected chi connectivity index (χ1v) is 10.8. The van der Waals surface area contributed by atoms with E-state index in [-0.39, 0.29) is 24.1 Å². The second-order valence-corrected chi connectivity index (χ2v) is 8.86. The molecule has 1 aromatic rings. The number of cyclic esters (lactones) is 1. The molecule has 3 fully saturated rings. The zero-order valence-electron chi connectivity index (χ0n) is 17.8. The van der Waals surface area contributed by atoms with Crippen molar-refractivity contribution in [3.05, 3.63) is 23.5 Å². The van der Waals surface area contributed by atoms with Gasteiger partial charge in [-0.05, 0) is 38.7 Å². The molecule has 1 N–H and O–H groups in total. The summed E-state index contributed by atoms with van der Waals surface area (Å²) < 4.78 is 11.1. The van der Waals surface area contributed by atoms with Gasteiger partial charge in [0.1, 0.15) is 11.9 Å². The molecule has 3 saturated heterocycles. The van der Waals surface area contributed by atoms with E-state index >= 15 is 0 Å². The third-order valence-corrected chi connectivity index (χ3v) is 6.81. The van der Waals surface area contributed by atoms with Gasteiger partial charge in [0.15, 0.2) is 0 Å². The van der Waals surface area contributed by atoms with Crippen LogP contribution in [0.5, 0.6) is 5.75 Å². The van der Waals surface area contributed by atoms with Gasteiger partial charge in [-0.25, -0.2) is 0 Å². The number of hydrogen-bond acceptors (Lipinski definition) is 7. The number of pyridine rings is 1. The molecule has 1 aromatic heterocycles. The molecule has 0 bridgehead atoms. The average Bonchev–Trinajstić information content (AvgIpc) is 3.04. The van der Waals surface area contributed by atoms with Crippen molar-refractivity contribution >= 4 is 11.9 Å². The number of piperidine rings is 2. The normalized spacial score (nSPS) is 24.8. The summed E-state index contributed by atoms with van der Waals surface area (Å²) in [6, 6.07) is 1.75. The quantitative estimate of drug-likeness (QED) is 0.740. The number of ether oxygens (including phenoxy) is 2. The lowest BCUT2D eigenvalue weighted by Gasteiger charge is -2.37. The number of esters is 1. The summed E-state index contributed by atoms with van der Waals surface area (Å²) in [5.41, 5.74) is 0.801. The molecule has 1 spiro atoms. The summed E-state index contributed by atoms with van der Waals surface area (Å²) in [5, 5.41) is 9.67. The molecule has 3 aliphatic heterocycles. The number of methoxy groups -OCH3 is 1. The minimum atomic E-state index is -0.477. The van der Waals surface area contributed by atoms with Gasteiger partial charge < -0.3 is 19.5 Å². The van der Waals surface area contributed by atoms with Crippen molar-refractivity contribution in [1.29, 1.82) is 0 Å². The lowest BCUT2D eigenvalue weighted by atomic mass is 9.76. The Morgan fingerprint density at radius 3 is 2.67 bits per heavy atom. The standard InChI is InChI=1S/C22H31N3O5/c1-15-11-18(19(29-2)13-23-15)20(27)25-9-5-22(6-10-25)12-17(30-21(22)28)14-24-7-3-16(26)4-8-24/h11,13,16-17,26H,3-10,12,14H2,1-2H3. The Labute approximate surface area is 177 Å². The fourth-order valence-corrected chi connectivity index (χ4v) is 4.92. The number of aromatic nitrogens is 1. The maximum absolute atomic E-state index is 13.0. The lowest BCUT2D eigenvalue weighted by molar-refractivity contribution is -0.151. The Hall–Kier alpha value is -2.19. The van der Waals surface area contributed by atoms with Crippen LogP contribution in [0, 0.1) is 12.3 Å². The highest BCUT2D eigenvalue weighted by atomic mass is 16.6. The first kappa shape index (κ1) is 21.1. The Morgan fingerprint density at radius 1 is 1.30 bits per heavy atom. The van der Waals surface area contributed by atoms with Crippen molar-refractivity contribution in [3.8, 4) is 5.75 Å². The first-order valence-electron chi connectivity index (χ1n) is 10.8. The van der Waals surface area contributed by atoms with Crippen LogP contribution in [0.2, 0.25) is 0 Å². The molecule has 1 atom stereocenters. The number of nitrogens with zero attached hydrogens (tertiary/aromatic N) is 3. The van der Waals surface area contributed by atoms with Crippen molar-refractivity contribution in [2.45, 2.75) is 51.2 Å². The number of carbonyl (C=O) groups is 2. The molecule has 0 radical (unpaired) electrons. The number of aryl methyl sites for hydroxylation is 1. The zero-order chi connectivity index (χ0) is 21.3. The van der Waals surface area contributed by atoms with E-state index in [9.17, 15) is 14.7 Å². The summed E-state index contributed by atoms with van der Waals surface area (Å²) in [4.78, 5) is 34.0. The van der Waals surface area contributed by atoms with Crippen LogP contribution < -0.4 is 4.74 Å². The summed E-state index contributed by atoms with van der Waals surface area (Å²) in [6.07, 6.45) is 4.79. The zero-order valence-corrected chi connectivity index (χ0v) is 17.8. The van der Waals surface area contributed by atoms with Gasteiger partial charge in [-0.3, -0.25) is 19.5 Å². The van der Waals surface area contributed by atoms with Gasteiger partial charge in [0.2, 0.25) is 0 Å². The van der Waals surface area contributed by atoms with E-state index in [1.807, 2.05) is 6.92 Å². The van der Waals surface area contributed by atoms with E-state index in [1.54, 1.807) is 17.2 Å². The molecule has 4 heterocycles. The topological polar surface area (TPSA) is 92.2 Å². The van der Waals surface area contributed by atoms with E-state index in [2.05, 4.69) is 9.88 Å². The van der Waals surface area contributed by atoms with Crippen molar-refractivity contribution in [1.82, 2.24) is 14.8 Å². The molecule has 3 aliphatic rings. The molecule has 8 nitrogen and oxygen atoms in total. The van der Waals surface area contributed by atoms with Crippen LogP contribution in [-0.4, -0.2) is 83.8 Å². The van der Waals surface area contributed by atoms with Gasteiger partial charge in [0.05, 0.1) is 30.4 Å². The first-order chi connectivity index (χ1) is 14.4. The van der Waals surface area contributed by atoms with Crippen LogP contribution in [-0.2, 0) is 9.53 Å². The number of aliphatic hydroxyl groups is 1. The molecule has 8 heteroatoms. The minimum absolute atomic E-state index is 0.0815. The predicted octanol–water partition coefficient (Wildman–Crippen LogP) is 1.39. The third-order valence-electron chi connectivity index (χ3n) is 6.81. The largest absolute Gasteiger partial charge is 0.494 e. The number of amides is 1. The van der Waals surface area contributed by atoms with Gasteiger partial charge in [-0.2, -0.15) is 0 Å². The molecule has 1 unspecified atom stereocenters. The fourth-order valence-electron chi connectivity index (χ4n) is 4.92. The van der Waals surface area contributed by atoms with E-state index in [4.69, 9.17) is 9.47 Å².